The molecule has 3 N–H and O–H groups in total. The van der Waals surface area contributed by atoms with Gasteiger partial charge in [-0.2, -0.15) is 0 Å². The Balaban J connectivity index is 1.34. The molecule has 5 rings (SSSR count). The summed E-state index contributed by atoms with van der Waals surface area (Å²) in [6, 6.07) is 16.7. The number of anilines is 5. The lowest BCUT2D eigenvalue weighted by Crippen LogP contribution is -2.47. The van der Waals surface area contributed by atoms with E-state index in [1.807, 2.05) is 12.1 Å². The fourth-order valence-corrected chi connectivity index (χ4v) is 4.74. The number of thiazole rings is 1. The molecule has 2 aromatic carbocycles. The number of nitrogens with one attached hydrogen (secondary N) is 1. The third kappa shape index (κ3) is 3.50. The van der Waals surface area contributed by atoms with Crippen LogP contribution in [0, 0.1) is 6.92 Å². The highest BCUT2D eigenvalue weighted by atomic mass is 32.1. The Morgan fingerprint density at radius 2 is 1.70 bits per heavy atom. The summed E-state index contributed by atoms with van der Waals surface area (Å²) in [5.41, 5.74) is 10.4. The van der Waals surface area contributed by atoms with Gasteiger partial charge in [0.15, 0.2) is 16.8 Å². The standard InChI is InChI=1S/C22H23N7S/c1-15-6-5-9-17-19(15)26-22(30-17)27-20-18(23)21(25-14-24-20)29-12-10-28(11-13-29)16-7-3-2-4-8-16/h2-9,14H,10-13,23H2,1H3,(H,24,25,26,27). The Morgan fingerprint density at radius 1 is 0.933 bits per heavy atom. The maximum atomic E-state index is 6.47. The Labute approximate surface area is 179 Å². The van der Waals surface area contributed by atoms with E-state index in [1.165, 1.54) is 5.69 Å². The molecule has 152 valence electrons. The number of benzene rings is 2. The SMILES string of the molecule is Cc1cccc2sc(Nc3ncnc(N4CCN(c5ccccc5)CC4)c3N)nc12. The minimum absolute atomic E-state index is 0.557. The summed E-state index contributed by atoms with van der Waals surface area (Å²) in [5, 5.41) is 4.08. The first-order valence-electron chi connectivity index (χ1n) is 9.97. The third-order valence-corrected chi connectivity index (χ3v) is 6.35. The maximum absolute atomic E-state index is 6.47. The molecule has 1 aliphatic heterocycles. The molecule has 1 aliphatic rings. The molecule has 0 unspecified atom stereocenters. The molecular weight excluding hydrogens is 394 g/mol. The minimum Gasteiger partial charge on any atom is -0.393 e. The number of rotatable bonds is 4. The molecule has 0 bridgehead atoms. The van der Waals surface area contributed by atoms with Gasteiger partial charge in [0.1, 0.15) is 12.0 Å². The predicted octanol–water partition coefficient (Wildman–Crippen LogP) is 4.05. The molecule has 0 radical (unpaired) electrons. The van der Waals surface area contributed by atoms with E-state index in [2.05, 4.69) is 68.4 Å². The second kappa shape index (κ2) is 7.79. The summed E-state index contributed by atoms with van der Waals surface area (Å²) in [5.74, 6) is 1.37. The average Bonchev–Trinajstić information content (AvgIpc) is 3.20. The van der Waals surface area contributed by atoms with Crippen molar-refractivity contribution in [3.63, 3.8) is 0 Å². The fourth-order valence-electron chi connectivity index (χ4n) is 3.79. The molecule has 0 aliphatic carbocycles. The number of fused-ring (bicyclic) bond motifs is 1. The van der Waals surface area contributed by atoms with E-state index in [9.17, 15) is 0 Å². The van der Waals surface area contributed by atoms with Gasteiger partial charge in [-0.15, -0.1) is 0 Å². The number of aromatic nitrogens is 3. The van der Waals surface area contributed by atoms with E-state index >= 15 is 0 Å². The average molecular weight is 418 g/mol. The number of piperazine rings is 1. The first-order valence-corrected chi connectivity index (χ1v) is 10.8. The first kappa shape index (κ1) is 18.6. The number of nitrogens with zero attached hydrogens (tertiary/aromatic N) is 5. The maximum Gasteiger partial charge on any atom is 0.189 e. The van der Waals surface area contributed by atoms with Crippen LogP contribution in [0.15, 0.2) is 54.9 Å². The van der Waals surface area contributed by atoms with Gasteiger partial charge in [-0.05, 0) is 30.7 Å². The van der Waals surface area contributed by atoms with Gasteiger partial charge in [0.05, 0.1) is 10.2 Å². The molecule has 2 aromatic heterocycles. The summed E-state index contributed by atoms with van der Waals surface area (Å²) < 4.78 is 1.14. The summed E-state index contributed by atoms with van der Waals surface area (Å²) in [6.45, 7) is 5.63. The number of para-hydroxylation sites is 2. The Morgan fingerprint density at radius 3 is 2.47 bits per heavy atom. The second-order valence-electron chi connectivity index (χ2n) is 7.33. The van der Waals surface area contributed by atoms with Crippen molar-refractivity contribution in [1.82, 2.24) is 15.0 Å². The van der Waals surface area contributed by atoms with Gasteiger partial charge in [0, 0.05) is 31.9 Å². The number of nitrogen functional groups attached to an aromatic ring is 1. The minimum atomic E-state index is 0.557. The Bertz CT molecular complexity index is 1170. The highest BCUT2D eigenvalue weighted by Gasteiger charge is 2.22. The second-order valence-corrected chi connectivity index (χ2v) is 8.37. The van der Waals surface area contributed by atoms with Crippen LogP contribution in [0.4, 0.5) is 28.1 Å². The zero-order valence-electron chi connectivity index (χ0n) is 16.7. The van der Waals surface area contributed by atoms with E-state index in [4.69, 9.17) is 10.7 Å². The molecule has 0 atom stereocenters. The lowest BCUT2D eigenvalue weighted by Gasteiger charge is -2.37. The van der Waals surface area contributed by atoms with Gasteiger partial charge < -0.3 is 20.9 Å². The summed E-state index contributed by atoms with van der Waals surface area (Å²) in [4.78, 5) is 18.2. The summed E-state index contributed by atoms with van der Waals surface area (Å²) >= 11 is 1.60. The monoisotopic (exact) mass is 417 g/mol. The van der Waals surface area contributed by atoms with Crippen molar-refractivity contribution >= 4 is 49.7 Å². The van der Waals surface area contributed by atoms with E-state index in [0.717, 1.165) is 52.9 Å². The third-order valence-electron chi connectivity index (χ3n) is 5.41. The molecule has 0 amide bonds. The van der Waals surface area contributed by atoms with Crippen molar-refractivity contribution in [3.8, 4) is 0 Å². The van der Waals surface area contributed by atoms with Crippen LogP contribution in [0.5, 0.6) is 0 Å². The van der Waals surface area contributed by atoms with Crippen molar-refractivity contribution in [2.24, 2.45) is 0 Å². The van der Waals surface area contributed by atoms with Gasteiger partial charge in [0.2, 0.25) is 0 Å². The van der Waals surface area contributed by atoms with Crippen LogP contribution in [0.25, 0.3) is 10.2 Å². The number of nitrogens with two attached hydrogens (primary N) is 1. The van der Waals surface area contributed by atoms with E-state index < -0.39 is 0 Å². The van der Waals surface area contributed by atoms with E-state index in [0.29, 0.717) is 11.5 Å². The smallest absolute Gasteiger partial charge is 0.189 e. The lowest BCUT2D eigenvalue weighted by atomic mass is 10.2. The highest BCUT2D eigenvalue weighted by molar-refractivity contribution is 7.22. The molecule has 1 fully saturated rings. The van der Waals surface area contributed by atoms with Crippen molar-refractivity contribution in [3.05, 3.63) is 60.4 Å². The molecule has 1 saturated heterocycles. The largest absolute Gasteiger partial charge is 0.393 e. The van der Waals surface area contributed by atoms with Crippen LogP contribution >= 0.6 is 11.3 Å². The first-order chi connectivity index (χ1) is 14.7. The zero-order chi connectivity index (χ0) is 20.5. The van der Waals surface area contributed by atoms with Gasteiger partial charge >= 0.3 is 0 Å². The van der Waals surface area contributed by atoms with Crippen LogP contribution in [0.1, 0.15) is 5.56 Å². The molecule has 7 nitrogen and oxygen atoms in total. The quantitative estimate of drug-likeness (QED) is 0.518. The van der Waals surface area contributed by atoms with Crippen molar-refractivity contribution in [2.45, 2.75) is 6.92 Å². The molecular formula is C22H23N7S. The van der Waals surface area contributed by atoms with Crippen LogP contribution < -0.4 is 20.9 Å². The molecule has 8 heteroatoms. The summed E-state index contributed by atoms with van der Waals surface area (Å²) in [7, 11) is 0. The van der Waals surface area contributed by atoms with E-state index in [1.54, 1.807) is 17.7 Å². The van der Waals surface area contributed by atoms with Crippen molar-refractivity contribution in [2.75, 3.05) is 47.0 Å². The Kier molecular flexibility index (Phi) is 4.84. The van der Waals surface area contributed by atoms with Crippen LogP contribution in [0.3, 0.4) is 0 Å². The highest BCUT2D eigenvalue weighted by Crippen LogP contribution is 2.33. The van der Waals surface area contributed by atoms with Crippen molar-refractivity contribution < 1.29 is 0 Å². The number of hydrogen-bond donors (Lipinski definition) is 2. The Hall–Kier alpha value is -3.39. The molecule has 4 aromatic rings. The van der Waals surface area contributed by atoms with Gasteiger partial charge in [0.25, 0.3) is 0 Å². The van der Waals surface area contributed by atoms with E-state index in [-0.39, 0.29) is 0 Å². The molecule has 0 saturated carbocycles. The number of aryl methyl sites for hydroxylation is 1. The van der Waals surface area contributed by atoms with Crippen LogP contribution in [-0.4, -0.2) is 41.1 Å². The molecule has 0 spiro atoms. The summed E-state index contributed by atoms with van der Waals surface area (Å²) in [6.07, 6.45) is 1.57. The van der Waals surface area contributed by atoms with Crippen molar-refractivity contribution in [1.29, 1.82) is 0 Å². The topological polar surface area (TPSA) is 83.2 Å². The van der Waals surface area contributed by atoms with Crippen LogP contribution in [0.2, 0.25) is 0 Å². The normalized spacial score (nSPS) is 14.3. The zero-order valence-corrected chi connectivity index (χ0v) is 17.6. The fraction of sp³-hybridized carbons (Fsp3) is 0.227. The lowest BCUT2D eigenvalue weighted by molar-refractivity contribution is 0.647. The molecule has 3 heterocycles. The number of hydrogen-bond acceptors (Lipinski definition) is 8. The van der Waals surface area contributed by atoms with Crippen LogP contribution in [-0.2, 0) is 0 Å². The van der Waals surface area contributed by atoms with Gasteiger partial charge in [-0.1, -0.05) is 41.7 Å². The predicted molar refractivity (Wildman–Crippen MR) is 125 cm³/mol. The van der Waals surface area contributed by atoms with Gasteiger partial charge in [-0.25, -0.2) is 15.0 Å². The molecule has 30 heavy (non-hydrogen) atoms. The van der Waals surface area contributed by atoms with Gasteiger partial charge in [-0.3, -0.25) is 0 Å².